The number of pyridine rings is 2. The molecule has 0 aliphatic heterocycles. The van der Waals surface area contributed by atoms with Gasteiger partial charge in [0.15, 0.2) is 0 Å². The van der Waals surface area contributed by atoms with Crippen molar-refractivity contribution in [3.8, 4) is 0 Å². The Morgan fingerprint density at radius 3 is 2.90 bits per heavy atom. The molecule has 1 N–H and O–H groups in total. The molecule has 4 heterocycles. The van der Waals surface area contributed by atoms with E-state index in [0.29, 0.717) is 0 Å². The second-order valence-electron chi connectivity index (χ2n) is 5.36. The molecule has 100 valence electrons. The molecule has 0 spiro atoms. The number of aromatic nitrogens is 4. The third kappa shape index (κ3) is 1.24. The van der Waals surface area contributed by atoms with Crippen molar-refractivity contribution in [3.05, 3.63) is 48.9 Å². The van der Waals surface area contributed by atoms with Crippen LogP contribution in [0.4, 0.5) is 0 Å². The third-order valence-electron chi connectivity index (χ3n) is 4.29. The summed E-state index contributed by atoms with van der Waals surface area (Å²) in [6.45, 7) is 0. The van der Waals surface area contributed by atoms with Gasteiger partial charge in [-0.05, 0) is 24.3 Å². The van der Waals surface area contributed by atoms with Crippen molar-refractivity contribution in [1.29, 1.82) is 0 Å². The van der Waals surface area contributed by atoms with Crippen molar-refractivity contribution >= 4 is 43.7 Å². The topological polar surface area (TPSA) is 46.5 Å². The highest BCUT2D eigenvalue weighted by Crippen LogP contribution is 2.35. The van der Waals surface area contributed by atoms with Gasteiger partial charge in [0, 0.05) is 41.0 Å². The minimum Gasteiger partial charge on any atom is -0.353 e. The molecular weight excluding hydrogens is 260 g/mol. The SMILES string of the molecule is Cn1c2ccc3c4ccncc4[nH]c3c2c2cccnc21. The molecule has 5 aromatic rings. The van der Waals surface area contributed by atoms with Crippen LogP contribution in [0, 0.1) is 0 Å². The van der Waals surface area contributed by atoms with E-state index in [1.807, 2.05) is 24.7 Å². The number of rotatable bonds is 0. The number of hydrogen-bond donors (Lipinski definition) is 1. The Morgan fingerprint density at radius 2 is 1.95 bits per heavy atom. The predicted octanol–water partition coefficient (Wildman–Crippen LogP) is 3.76. The maximum atomic E-state index is 4.52. The summed E-state index contributed by atoms with van der Waals surface area (Å²) < 4.78 is 2.15. The second-order valence-corrected chi connectivity index (χ2v) is 5.36. The Bertz CT molecular complexity index is 1150. The highest BCUT2D eigenvalue weighted by Gasteiger charge is 2.14. The molecule has 21 heavy (non-hydrogen) atoms. The molecule has 0 amide bonds. The average molecular weight is 272 g/mol. The first-order valence-corrected chi connectivity index (χ1v) is 6.92. The summed E-state index contributed by atoms with van der Waals surface area (Å²) in [4.78, 5) is 12.2. The van der Waals surface area contributed by atoms with Crippen molar-refractivity contribution in [3.63, 3.8) is 0 Å². The van der Waals surface area contributed by atoms with Crippen LogP contribution in [0.5, 0.6) is 0 Å². The molecule has 0 atom stereocenters. The van der Waals surface area contributed by atoms with Gasteiger partial charge in [-0.3, -0.25) is 4.98 Å². The molecule has 0 fully saturated rings. The zero-order valence-corrected chi connectivity index (χ0v) is 11.5. The van der Waals surface area contributed by atoms with Gasteiger partial charge in [0.05, 0.1) is 22.7 Å². The molecule has 0 saturated heterocycles. The Kier molecular flexibility index (Phi) is 1.86. The number of H-pyrrole nitrogens is 1. The van der Waals surface area contributed by atoms with E-state index in [1.54, 1.807) is 0 Å². The molecule has 0 aliphatic carbocycles. The Labute approximate surface area is 120 Å². The second kappa shape index (κ2) is 3.61. The smallest absolute Gasteiger partial charge is 0.140 e. The maximum Gasteiger partial charge on any atom is 0.140 e. The molecular formula is C17H12N4. The van der Waals surface area contributed by atoms with Crippen LogP contribution in [0.3, 0.4) is 0 Å². The standard InChI is InChI=1S/C17H12N4/c1-21-14-5-4-11-10-6-8-18-9-13(10)20-16(11)15(14)12-3-2-7-19-17(12)21/h2-9,20H,1H3. The number of fused-ring (bicyclic) bond motifs is 7. The lowest BCUT2D eigenvalue weighted by Gasteiger charge is -1.97. The van der Waals surface area contributed by atoms with E-state index in [1.165, 1.54) is 27.1 Å². The lowest BCUT2D eigenvalue weighted by atomic mass is 10.1. The van der Waals surface area contributed by atoms with Crippen molar-refractivity contribution in [2.24, 2.45) is 7.05 Å². The molecule has 0 bridgehead atoms. The first kappa shape index (κ1) is 10.9. The van der Waals surface area contributed by atoms with Crippen molar-refractivity contribution in [1.82, 2.24) is 19.5 Å². The van der Waals surface area contributed by atoms with E-state index in [0.717, 1.165) is 16.7 Å². The summed E-state index contributed by atoms with van der Waals surface area (Å²) in [5.41, 5.74) is 4.43. The third-order valence-corrected chi connectivity index (χ3v) is 4.29. The predicted molar refractivity (Wildman–Crippen MR) is 85.4 cm³/mol. The maximum absolute atomic E-state index is 4.52. The van der Waals surface area contributed by atoms with E-state index < -0.39 is 0 Å². The molecule has 0 radical (unpaired) electrons. The van der Waals surface area contributed by atoms with Crippen LogP contribution in [-0.2, 0) is 7.05 Å². The van der Waals surface area contributed by atoms with Crippen LogP contribution in [-0.4, -0.2) is 19.5 Å². The van der Waals surface area contributed by atoms with Crippen LogP contribution in [0.15, 0.2) is 48.9 Å². The minimum atomic E-state index is 1.01. The molecule has 4 heteroatoms. The van der Waals surface area contributed by atoms with Crippen LogP contribution in [0.2, 0.25) is 0 Å². The summed E-state index contributed by atoms with van der Waals surface area (Å²) >= 11 is 0. The largest absolute Gasteiger partial charge is 0.353 e. The van der Waals surface area contributed by atoms with E-state index in [-0.39, 0.29) is 0 Å². The lowest BCUT2D eigenvalue weighted by molar-refractivity contribution is 0.990. The fraction of sp³-hybridized carbons (Fsp3) is 0.0588. The number of benzene rings is 1. The Hall–Kier alpha value is -2.88. The highest BCUT2D eigenvalue weighted by molar-refractivity contribution is 6.24. The van der Waals surface area contributed by atoms with Crippen molar-refractivity contribution in [2.75, 3.05) is 0 Å². The number of nitrogens with one attached hydrogen (secondary N) is 1. The van der Waals surface area contributed by atoms with Crippen LogP contribution in [0.25, 0.3) is 43.7 Å². The van der Waals surface area contributed by atoms with Gasteiger partial charge in [-0.25, -0.2) is 4.98 Å². The highest BCUT2D eigenvalue weighted by atomic mass is 15.0. The van der Waals surface area contributed by atoms with E-state index in [4.69, 9.17) is 0 Å². The van der Waals surface area contributed by atoms with Gasteiger partial charge >= 0.3 is 0 Å². The molecule has 1 aromatic carbocycles. The first-order chi connectivity index (χ1) is 10.3. The molecule has 5 rings (SSSR count). The number of aryl methyl sites for hydroxylation is 1. The Balaban J connectivity index is 2.16. The van der Waals surface area contributed by atoms with Crippen LogP contribution >= 0.6 is 0 Å². The number of hydrogen-bond acceptors (Lipinski definition) is 2. The fourth-order valence-corrected chi connectivity index (χ4v) is 3.34. The average Bonchev–Trinajstić information content (AvgIpc) is 3.04. The Morgan fingerprint density at radius 1 is 1.00 bits per heavy atom. The zero-order valence-electron chi connectivity index (χ0n) is 11.5. The van der Waals surface area contributed by atoms with Crippen molar-refractivity contribution < 1.29 is 0 Å². The summed E-state index contributed by atoms with van der Waals surface area (Å²) in [7, 11) is 2.06. The van der Waals surface area contributed by atoms with E-state index in [2.05, 4.69) is 50.8 Å². The normalized spacial score (nSPS) is 12.0. The van der Waals surface area contributed by atoms with Crippen molar-refractivity contribution in [2.45, 2.75) is 0 Å². The molecule has 4 aromatic heterocycles. The number of nitrogens with zero attached hydrogens (tertiary/aromatic N) is 3. The molecule has 0 aliphatic rings. The summed E-state index contributed by atoms with van der Waals surface area (Å²) in [5, 5.41) is 4.86. The van der Waals surface area contributed by atoms with Gasteiger partial charge in [-0.1, -0.05) is 6.07 Å². The van der Waals surface area contributed by atoms with Gasteiger partial charge in [-0.15, -0.1) is 0 Å². The lowest BCUT2D eigenvalue weighted by Crippen LogP contribution is -1.88. The van der Waals surface area contributed by atoms with Gasteiger partial charge in [0.2, 0.25) is 0 Å². The van der Waals surface area contributed by atoms with Gasteiger partial charge in [-0.2, -0.15) is 0 Å². The minimum absolute atomic E-state index is 1.01. The van der Waals surface area contributed by atoms with Gasteiger partial charge in [0.25, 0.3) is 0 Å². The fourth-order valence-electron chi connectivity index (χ4n) is 3.34. The summed E-state index contributed by atoms with van der Waals surface area (Å²) in [6.07, 6.45) is 5.56. The molecule has 0 unspecified atom stereocenters. The van der Waals surface area contributed by atoms with Gasteiger partial charge in [0.1, 0.15) is 5.65 Å². The quantitative estimate of drug-likeness (QED) is 0.466. The number of aromatic amines is 1. The van der Waals surface area contributed by atoms with E-state index >= 15 is 0 Å². The van der Waals surface area contributed by atoms with Gasteiger partial charge < -0.3 is 9.55 Å². The van der Waals surface area contributed by atoms with Crippen LogP contribution in [0.1, 0.15) is 0 Å². The molecule has 4 nitrogen and oxygen atoms in total. The summed E-state index contributed by atoms with van der Waals surface area (Å²) in [6, 6.07) is 10.5. The van der Waals surface area contributed by atoms with E-state index in [9.17, 15) is 0 Å². The molecule has 0 saturated carbocycles. The monoisotopic (exact) mass is 272 g/mol. The zero-order chi connectivity index (χ0) is 14.0. The summed E-state index contributed by atoms with van der Waals surface area (Å²) in [5.74, 6) is 0. The first-order valence-electron chi connectivity index (χ1n) is 6.92. The van der Waals surface area contributed by atoms with Crippen LogP contribution < -0.4 is 0 Å².